The Morgan fingerprint density at radius 2 is 1.73 bits per heavy atom. The van der Waals surface area contributed by atoms with Crippen LogP contribution in [0, 0.1) is 0 Å². The summed E-state index contributed by atoms with van der Waals surface area (Å²) in [5.74, 6) is 0.610. The van der Waals surface area contributed by atoms with Gasteiger partial charge in [0.1, 0.15) is 0 Å². The molecule has 0 atom stereocenters. The SMILES string of the molecule is C/C(=N/NC(=O)CSc1nnc(-c2ccccc2)n1-c1ccc(Br)cc1)c1ccc(Cl)cc1. The topological polar surface area (TPSA) is 72.2 Å². The number of amides is 1. The van der Waals surface area contributed by atoms with Gasteiger partial charge in [-0.05, 0) is 48.9 Å². The second-order valence-corrected chi connectivity index (χ2v) is 9.31. The molecule has 3 aromatic carbocycles. The lowest BCUT2D eigenvalue weighted by Gasteiger charge is -2.10. The largest absolute Gasteiger partial charge is 0.272 e. The van der Waals surface area contributed by atoms with Crippen LogP contribution in [0.3, 0.4) is 0 Å². The quantitative estimate of drug-likeness (QED) is 0.178. The summed E-state index contributed by atoms with van der Waals surface area (Å²) in [7, 11) is 0. The van der Waals surface area contributed by atoms with E-state index in [0.717, 1.165) is 21.3 Å². The van der Waals surface area contributed by atoms with Crippen LogP contribution in [-0.4, -0.2) is 32.1 Å². The third kappa shape index (κ3) is 5.90. The minimum atomic E-state index is -0.236. The first-order valence-electron chi connectivity index (χ1n) is 10.00. The zero-order valence-electron chi connectivity index (χ0n) is 17.6. The summed E-state index contributed by atoms with van der Waals surface area (Å²) >= 11 is 10.7. The van der Waals surface area contributed by atoms with Crippen LogP contribution in [-0.2, 0) is 4.79 Å². The third-order valence-electron chi connectivity index (χ3n) is 4.69. The molecule has 0 spiro atoms. The first-order valence-corrected chi connectivity index (χ1v) is 12.2. The maximum absolute atomic E-state index is 12.5. The number of nitrogens with one attached hydrogen (secondary N) is 1. The highest BCUT2D eigenvalue weighted by molar-refractivity contribution is 9.10. The van der Waals surface area contributed by atoms with Crippen molar-refractivity contribution in [2.45, 2.75) is 12.1 Å². The van der Waals surface area contributed by atoms with Crippen LogP contribution in [0.1, 0.15) is 12.5 Å². The van der Waals surface area contributed by atoms with Gasteiger partial charge in [0.2, 0.25) is 0 Å². The van der Waals surface area contributed by atoms with Crippen LogP contribution in [0.5, 0.6) is 0 Å². The predicted octanol–water partition coefficient (Wildman–Crippen LogP) is 5.98. The summed E-state index contributed by atoms with van der Waals surface area (Å²) in [6.07, 6.45) is 0. The second kappa shape index (κ2) is 10.8. The number of carbonyl (C=O) groups is 1. The van der Waals surface area contributed by atoms with E-state index in [0.29, 0.717) is 21.7 Å². The molecule has 0 saturated carbocycles. The van der Waals surface area contributed by atoms with Gasteiger partial charge in [0.25, 0.3) is 5.91 Å². The highest BCUT2D eigenvalue weighted by Gasteiger charge is 2.17. The lowest BCUT2D eigenvalue weighted by Crippen LogP contribution is -2.21. The molecule has 0 radical (unpaired) electrons. The van der Waals surface area contributed by atoms with E-state index in [9.17, 15) is 4.79 Å². The van der Waals surface area contributed by atoms with E-state index < -0.39 is 0 Å². The molecule has 0 aliphatic rings. The van der Waals surface area contributed by atoms with Crippen LogP contribution in [0.15, 0.2) is 93.6 Å². The van der Waals surface area contributed by atoms with Crippen LogP contribution in [0.4, 0.5) is 0 Å². The van der Waals surface area contributed by atoms with E-state index in [2.05, 4.69) is 36.7 Å². The predicted molar refractivity (Wildman–Crippen MR) is 137 cm³/mol. The molecule has 33 heavy (non-hydrogen) atoms. The zero-order valence-corrected chi connectivity index (χ0v) is 20.7. The van der Waals surface area contributed by atoms with Crippen molar-refractivity contribution in [2.24, 2.45) is 5.10 Å². The number of rotatable bonds is 7. The van der Waals surface area contributed by atoms with Crippen molar-refractivity contribution in [3.63, 3.8) is 0 Å². The van der Waals surface area contributed by atoms with E-state index in [1.165, 1.54) is 11.8 Å². The van der Waals surface area contributed by atoms with Gasteiger partial charge in [-0.1, -0.05) is 81.8 Å². The van der Waals surface area contributed by atoms with Crippen LogP contribution in [0.25, 0.3) is 17.1 Å². The first kappa shape index (κ1) is 23.2. The average Bonchev–Trinajstić information content (AvgIpc) is 3.26. The summed E-state index contributed by atoms with van der Waals surface area (Å²) in [5.41, 5.74) is 6.02. The molecule has 1 aromatic heterocycles. The number of halogens is 2. The van der Waals surface area contributed by atoms with Gasteiger partial charge in [0.15, 0.2) is 11.0 Å². The first-order chi connectivity index (χ1) is 16.0. The van der Waals surface area contributed by atoms with Crippen molar-refractivity contribution < 1.29 is 4.79 Å². The fourth-order valence-corrected chi connectivity index (χ4v) is 4.16. The third-order valence-corrected chi connectivity index (χ3v) is 6.40. The maximum Gasteiger partial charge on any atom is 0.250 e. The van der Waals surface area contributed by atoms with Gasteiger partial charge >= 0.3 is 0 Å². The molecule has 6 nitrogen and oxygen atoms in total. The fourth-order valence-electron chi connectivity index (χ4n) is 3.02. The minimum Gasteiger partial charge on any atom is -0.272 e. The molecule has 0 saturated heterocycles. The van der Waals surface area contributed by atoms with Crippen molar-refractivity contribution in [3.05, 3.63) is 93.9 Å². The number of hydrogen-bond donors (Lipinski definition) is 1. The number of hydrazone groups is 1. The van der Waals surface area contributed by atoms with E-state index in [4.69, 9.17) is 11.6 Å². The summed E-state index contributed by atoms with van der Waals surface area (Å²) in [4.78, 5) is 12.5. The molecule has 0 fully saturated rings. The molecule has 0 aliphatic heterocycles. The monoisotopic (exact) mass is 539 g/mol. The normalized spacial score (nSPS) is 11.4. The molecule has 0 bridgehead atoms. The fraction of sp³-hybridized carbons (Fsp3) is 0.0833. The molecule has 9 heteroatoms. The molecule has 1 N–H and O–H groups in total. The van der Waals surface area contributed by atoms with Gasteiger partial charge in [-0.25, -0.2) is 5.43 Å². The Kier molecular flexibility index (Phi) is 7.59. The van der Waals surface area contributed by atoms with Gasteiger partial charge in [-0.3, -0.25) is 9.36 Å². The second-order valence-electron chi connectivity index (χ2n) is 7.01. The van der Waals surface area contributed by atoms with E-state index in [1.54, 1.807) is 12.1 Å². The summed E-state index contributed by atoms with van der Waals surface area (Å²) < 4.78 is 2.92. The van der Waals surface area contributed by atoms with Crippen LogP contribution in [0.2, 0.25) is 5.02 Å². The molecular weight excluding hydrogens is 522 g/mol. The van der Waals surface area contributed by atoms with Gasteiger partial charge in [0.05, 0.1) is 11.5 Å². The Morgan fingerprint density at radius 3 is 2.42 bits per heavy atom. The molecular formula is C24H19BrClN5OS. The zero-order chi connectivity index (χ0) is 23.2. The number of carbonyl (C=O) groups excluding carboxylic acids is 1. The number of thioether (sulfide) groups is 1. The average molecular weight is 541 g/mol. The van der Waals surface area contributed by atoms with Gasteiger partial charge in [0, 0.05) is 20.7 Å². The molecule has 1 amide bonds. The Bertz CT molecular complexity index is 1270. The number of hydrogen-bond acceptors (Lipinski definition) is 5. The Labute approximate surface area is 209 Å². The number of benzene rings is 3. The number of aromatic nitrogens is 3. The van der Waals surface area contributed by atoms with Crippen molar-refractivity contribution in [1.82, 2.24) is 20.2 Å². The minimum absolute atomic E-state index is 0.140. The van der Waals surface area contributed by atoms with Gasteiger partial charge in [-0.15, -0.1) is 10.2 Å². The van der Waals surface area contributed by atoms with Crippen molar-refractivity contribution in [3.8, 4) is 17.1 Å². The molecule has 166 valence electrons. The van der Waals surface area contributed by atoms with Crippen LogP contribution >= 0.6 is 39.3 Å². The lowest BCUT2D eigenvalue weighted by molar-refractivity contribution is -0.118. The lowest BCUT2D eigenvalue weighted by atomic mass is 10.1. The highest BCUT2D eigenvalue weighted by Crippen LogP contribution is 2.28. The van der Waals surface area contributed by atoms with E-state index in [1.807, 2.05) is 78.2 Å². The van der Waals surface area contributed by atoms with Crippen LogP contribution < -0.4 is 5.43 Å². The summed E-state index contributed by atoms with van der Waals surface area (Å²) in [6, 6.07) is 25.0. The highest BCUT2D eigenvalue weighted by atomic mass is 79.9. The summed E-state index contributed by atoms with van der Waals surface area (Å²) in [5, 5.41) is 14.2. The maximum atomic E-state index is 12.5. The Morgan fingerprint density at radius 1 is 1.03 bits per heavy atom. The molecule has 0 aliphatic carbocycles. The molecule has 0 unspecified atom stereocenters. The smallest absolute Gasteiger partial charge is 0.250 e. The van der Waals surface area contributed by atoms with Crippen molar-refractivity contribution in [2.75, 3.05) is 5.75 Å². The van der Waals surface area contributed by atoms with E-state index in [-0.39, 0.29) is 11.7 Å². The summed E-state index contributed by atoms with van der Waals surface area (Å²) in [6.45, 7) is 1.83. The van der Waals surface area contributed by atoms with Gasteiger partial charge in [-0.2, -0.15) is 5.10 Å². The Balaban J connectivity index is 1.51. The molecule has 4 rings (SSSR count). The number of nitrogens with zero attached hydrogens (tertiary/aromatic N) is 4. The molecule has 1 heterocycles. The molecule has 4 aromatic rings. The van der Waals surface area contributed by atoms with Crippen molar-refractivity contribution >= 4 is 50.9 Å². The van der Waals surface area contributed by atoms with Crippen molar-refractivity contribution in [1.29, 1.82) is 0 Å². The Hall–Kier alpha value is -2.94. The van der Waals surface area contributed by atoms with Gasteiger partial charge < -0.3 is 0 Å². The van der Waals surface area contributed by atoms with E-state index >= 15 is 0 Å². The standard InChI is InChI=1S/C24H19BrClN5OS/c1-16(17-7-11-20(26)12-8-17)27-28-22(32)15-33-24-30-29-23(18-5-3-2-4-6-18)31(24)21-13-9-19(25)10-14-21/h2-14H,15H2,1H3,(H,28,32)/b27-16-.